The van der Waals surface area contributed by atoms with Crippen LogP contribution in [0.4, 0.5) is 10.5 Å². The lowest BCUT2D eigenvalue weighted by Gasteiger charge is -2.19. The number of hydroxylamine groups is 1. The maximum absolute atomic E-state index is 12.3. The van der Waals surface area contributed by atoms with E-state index in [1.807, 2.05) is 0 Å². The van der Waals surface area contributed by atoms with Crippen LogP contribution >= 0.6 is 12.8 Å². The Morgan fingerprint density at radius 1 is 1.00 bits per heavy atom. The van der Waals surface area contributed by atoms with E-state index in [9.17, 15) is 14.4 Å². The minimum absolute atomic E-state index is 0.281. The van der Waals surface area contributed by atoms with Crippen LogP contribution in [0, 0.1) is 6.92 Å². The first kappa shape index (κ1) is 18.5. The van der Waals surface area contributed by atoms with Crippen LogP contribution in [0.25, 0.3) is 0 Å². The average Bonchev–Trinajstić information content (AvgIpc) is 2.62. The Kier molecular flexibility index (Phi) is 6.15. The van der Waals surface area contributed by atoms with Gasteiger partial charge in [0.1, 0.15) is 0 Å². The van der Waals surface area contributed by atoms with Gasteiger partial charge >= 0.3 is 6.03 Å². The second-order valence-electron chi connectivity index (χ2n) is 5.07. The molecule has 130 valence electrons. The topological polar surface area (TPSA) is 87.7 Å². The Morgan fingerprint density at radius 2 is 1.68 bits per heavy atom. The number of carbonyl (C=O) groups excluding carboxylic acids is 3. The molecular weight excluding hydrogens is 342 g/mol. The van der Waals surface area contributed by atoms with Gasteiger partial charge in [0.2, 0.25) is 0 Å². The van der Waals surface area contributed by atoms with Crippen molar-refractivity contribution in [2.45, 2.75) is 6.92 Å². The molecule has 25 heavy (non-hydrogen) atoms. The number of benzene rings is 2. The number of nitrogens with one attached hydrogen (secondary N) is 2. The van der Waals surface area contributed by atoms with Gasteiger partial charge in [0.25, 0.3) is 11.8 Å². The van der Waals surface area contributed by atoms with Gasteiger partial charge in [0, 0.05) is 11.1 Å². The van der Waals surface area contributed by atoms with Crippen molar-refractivity contribution in [1.29, 1.82) is 0 Å². The van der Waals surface area contributed by atoms with E-state index >= 15 is 0 Å². The molecule has 0 atom stereocenters. The van der Waals surface area contributed by atoms with Crippen molar-refractivity contribution in [3.05, 3.63) is 65.2 Å². The Morgan fingerprint density at radius 3 is 2.32 bits per heavy atom. The lowest BCUT2D eigenvalue weighted by atomic mass is 10.1. The van der Waals surface area contributed by atoms with Crippen LogP contribution in [0.15, 0.2) is 48.5 Å². The summed E-state index contributed by atoms with van der Waals surface area (Å²) in [4.78, 5) is 40.8. The van der Waals surface area contributed by atoms with E-state index in [4.69, 9.17) is 0 Å². The zero-order valence-electron chi connectivity index (χ0n) is 13.6. The van der Waals surface area contributed by atoms with E-state index in [1.165, 1.54) is 13.2 Å². The molecule has 0 aliphatic heterocycles. The highest BCUT2D eigenvalue weighted by molar-refractivity contribution is 7.82. The zero-order valence-corrected chi connectivity index (χ0v) is 14.5. The molecule has 2 N–H and O–H groups in total. The molecule has 0 saturated carbocycles. The Bertz CT molecular complexity index is 796. The number of urea groups is 1. The molecule has 2 rings (SSSR count). The summed E-state index contributed by atoms with van der Waals surface area (Å²) in [6, 6.07) is 12.3. The van der Waals surface area contributed by atoms with Gasteiger partial charge in [-0.3, -0.25) is 19.7 Å². The molecule has 7 nitrogen and oxygen atoms in total. The number of nitrogens with zero attached hydrogens (tertiary/aromatic N) is 1. The first-order valence-corrected chi connectivity index (χ1v) is 7.67. The molecular formula is C17H17N3O4S. The monoisotopic (exact) mass is 359 g/mol. The minimum atomic E-state index is -0.732. The van der Waals surface area contributed by atoms with Crippen molar-refractivity contribution in [3.63, 3.8) is 0 Å². The number of amides is 4. The summed E-state index contributed by atoms with van der Waals surface area (Å²) in [6.07, 6.45) is 0. The third kappa shape index (κ3) is 4.59. The highest BCUT2D eigenvalue weighted by atomic mass is 32.1. The van der Waals surface area contributed by atoms with Gasteiger partial charge < -0.3 is 0 Å². The molecule has 0 saturated heterocycles. The normalized spacial score (nSPS) is 10.0. The Balaban J connectivity index is 2.17. The lowest BCUT2D eigenvalue weighted by molar-refractivity contribution is 0.0537. The zero-order chi connectivity index (χ0) is 18.4. The molecule has 0 spiro atoms. The summed E-state index contributed by atoms with van der Waals surface area (Å²) in [6.45, 7) is 1.75. The van der Waals surface area contributed by atoms with Crippen molar-refractivity contribution >= 4 is 36.3 Å². The van der Waals surface area contributed by atoms with E-state index in [0.29, 0.717) is 16.8 Å². The van der Waals surface area contributed by atoms with Gasteiger partial charge in [-0.1, -0.05) is 37.1 Å². The van der Waals surface area contributed by atoms with Crippen molar-refractivity contribution in [1.82, 2.24) is 10.8 Å². The molecule has 2 aromatic carbocycles. The minimum Gasteiger partial charge on any atom is -0.277 e. The molecule has 4 amide bonds. The molecule has 8 heteroatoms. The fourth-order valence-corrected chi connectivity index (χ4v) is 2.32. The molecule has 0 radical (unpaired) electrons. The first-order valence-electron chi connectivity index (χ1n) is 7.27. The van der Waals surface area contributed by atoms with Crippen LogP contribution in [-0.4, -0.2) is 25.0 Å². The summed E-state index contributed by atoms with van der Waals surface area (Å²) in [5, 5.41) is 2.24. The van der Waals surface area contributed by atoms with Crippen molar-refractivity contribution in [3.8, 4) is 0 Å². The Hall–Kier alpha value is -2.84. The number of imide groups is 1. The standard InChI is InChI=1S/C17H17N3O4S/c1-11-8-9-13(16(22)19-24-2)10-14(11)20(25)17(23)18-15(21)12-6-4-3-5-7-12/h3-10,25H,1-2H3,(H,19,22)(H,18,21,23). The first-order chi connectivity index (χ1) is 11.9. The lowest BCUT2D eigenvalue weighted by Crippen LogP contribution is -2.38. The van der Waals surface area contributed by atoms with Crippen LogP contribution < -0.4 is 15.1 Å². The number of aryl methyl sites for hydroxylation is 1. The van der Waals surface area contributed by atoms with Crippen LogP contribution in [0.3, 0.4) is 0 Å². The van der Waals surface area contributed by atoms with Gasteiger partial charge in [-0.05, 0) is 36.8 Å². The predicted molar refractivity (Wildman–Crippen MR) is 96.4 cm³/mol. The summed E-state index contributed by atoms with van der Waals surface area (Å²) in [7, 11) is 1.32. The largest absolute Gasteiger partial charge is 0.338 e. The summed E-state index contributed by atoms with van der Waals surface area (Å²) < 4.78 is 0.972. The van der Waals surface area contributed by atoms with Crippen molar-refractivity contribution in [2.75, 3.05) is 11.4 Å². The number of carbonyl (C=O) groups is 3. The SMILES string of the molecule is CONC(=O)c1ccc(C)c(N(S)C(=O)NC(=O)c2ccccc2)c1. The van der Waals surface area contributed by atoms with Crippen LogP contribution in [-0.2, 0) is 4.84 Å². The highest BCUT2D eigenvalue weighted by Gasteiger charge is 2.19. The fourth-order valence-electron chi connectivity index (χ4n) is 2.05. The molecule has 0 unspecified atom stereocenters. The average molecular weight is 359 g/mol. The smallest absolute Gasteiger partial charge is 0.277 e. The number of thiol groups is 1. The van der Waals surface area contributed by atoms with E-state index in [-0.39, 0.29) is 5.56 Å². The van der Waals surface area contributed by atoms with Gasteiger partial charge in [-0.25, -0.2) is 14.6 Å². The van der Waals surface area contributed by atoms with Crippen LogP contribution in [0.1, 0.15) is 26.3 Å². The molecule has 2 aromatic rings. The summed E-state index contributed by atoms with van der Waals surface area (Å²) in [5.74, 6) is -1.01. The predicted octanol–water partition coefficient (Wildman–Crippen LogP) is 2.49. The van der Waals surface area contributed by atoms with Crippen LogP contribution in [0.5, 0.6) is 0 Å². The molecule has 0 fully saturated rings. The van der Waals surface area contributed by atoms with Gasteiger partial charge in [0.05, 0.1) is 12.8 Å². The molecule has 0 aliphatic rings. The van der Waals surface area contributed by atoms with Crippen LogP contribution in [0.2, 0.25) is 0 Å². The van der Waals surface area contributed by atoms with E-state index < -0.39 is 17.8 Å². The second-order valence-corrected chi connectivity index (χ2v) is 5.47. The van der Waals surface area contributed by atoms with E-state index in [0.717, 1.165) is 4.31 Å². The Labute approximate surface area is 150 Å². The summed E-state index contributed by atoms with van der Waals surface area (Å²) >= 11 is 4.15. The number of rotatable bonds is 4. The quantitative estimate of drug-likeness (QED) is 0.578. The third-order valence-electron chi connectivity index (χ3n) is 3.34. The van der Waals surface area contributed by atoms with Gasteiger partial charge in [0.15, 0.2) is 0 Å². The van der Waals surface area contributed by atoms with Gasteiger partial charge in [-0.15, -0.1) is 0 Å². The molecule has 0 heterocycles. The molecule has 0 aromatic heterocycles. The highest BCUT2D eigenvalue weighted by Crippen LogP contribution is 2.23. The second kappa shape index (κ2) is 8.32. The van der Waals surface area contributed by atoms with Crippen molar-refractivity contribution < 1.29 is 19.2 Å². The number of hydrogen-bond donors (Lipinski definition) is 3. The maximum atomic E-state index is 12.3. The number of anilines is 1. The fraction of sp³-hybridized carbons (Fsp3) is 0.118. The van der Waals surface area contributed by atoms with Crippen molar-refractivity contribution in [2.24, 2.45) is 0 Å². The maximum Gasteiger partial charge on any atom is 0.338 e. The van der Waals surface area contributed by atoms with E-state index in [1.54, 1.807) is 49.4 Å². The molecule has 0 bridgehead atoms. The number of hydrogen-bond acceptors (Lipinski definition) is 5. The summed E-state index contributed by atoms with van der Waals surface area (Å²) in [5.41, 5.74) is 3.89. The molecule has 0 aliphatic carbocycles. The van der Waals surface area contributed by atoms with Gasteiger partial charge in [-0.2, -0.15) is 0 Å². The van der Waals surface area contributed by atoms with E-state index in [2.05, 4.69) is 28.4 Å². The third-order valence-corrected chi connectivity index (χ3v) is 3.74.